The van der Waals surface area contributed by atoms with Gasteiger partial charge in [0.05, 0.1) is 14.2 Å². The Kier molecular flexibility index (Phi) is 5.74. The van der Waals surface area contributed by atoms with E-state index in [0.29, 0.717) is 11.5 Å². The summed E-state index contributed by atoms with van der Waals surface area (Å²) >= 11 is 0. The van der Waals surface area contributed by atoms with E-state index >= 15 is 0 Å². The molecule has 0 bridgehead atoms. The van der Waals surface area contributed by atoms with Crippen LogP contribution in [-0.2, 0) is 16.1 Å². The van der Waals surface area contributed by atoms with E-state index in [0.717, 1.165) is 11.1 Å². The minimum Gasteiger partial charge on any atom is -0.497 e. The van der Waals surface area contributed by atoms with Gasteiger partial charge in [-0.25, -0.2) is 9.18 Å². The molecular weight excluding hydrogens is 299 g/mol. The van der Waals surface area contributed by atoms with Crippen LogP contribution in [-0.4, -0.2) is 20.2 Å². The predicted molar refractivity (Wildman–Crippen MR) is 84.8 cm³/mol. The lowest BCUT2D eigenvalue weighted by atomic mass is 10.1. The first-order valence-electron chi connectivity index (χ1n) is 6.93. The fourth-order valence-corrected chi connectivity index (χ4v) is 1.90. The highest BCUT2D eigenvalue weighted by atomic mass is 19.1. The Bertz CT molecular complexity index is 693. The molecule has 0 spiro atoms. The van der Waals surface area contributed by atoms with Gasteiger partial charge in [-0.3, -0.25) is 0 Å². The third-order valence-electron chi connectivity index (χ3n) is 3.13. The molecule has 120 valence electrons. The SMILES string of the molecule is COc1ccc(C=CC(=O)OCc2ccc(F)cc2)c(OC)c1. The molecule has 2 rings (SSSR count). The summed E-state index contributed by atoms with van der Waals surface area (Å²) in [5.74, 6) is 0.434. The monoisotopic (exact) mass is 316 g/mol. The third kappa shape index (κ3) is 4.85. The number of hydrogen-bond acceptors (Lipinski definition) is 4. The van der Waals surface area contributed by atoms with Crippen molar-refractivity contribution in [2.24, 2.45) is 0 Å². The molecule has 0 atom stereocenters. The second-order valence-electron chi connectivity index (χ2n) is 4.68. The molecule has 0 radical (unpaired) electrons. The molecule has 0 unspecified atom stereocenters. The molecular formula is C18H17FO4. The number of halogens is 1. The molecule has 5 heteroatoms. The van der Waals surface area contributed by atoms with Crippen LogP contribution in [0.3, 0.4) is 0 Å². The lowest BCUT2D eigenvalue weighted by Gasteiger charge is -2.07. The third-order valence-corrected chi connectivity index (χ3v) is 3.13. The molecule has 0 aromatic heterocycles. The maximum atomic E-state index is 12.8. The maximum absolute atomic E-state index is 12.8. The number of ether oxygens (including phenoxy) is 3. The van der Waals surface area contributed by atoms with Crippen LogP contribution in [0.4, 0.5) is 4.39 Å². The van der Waals surface area contributed by atoms with Crippen LogP contribution < -0.4 is 9.47 Å². The van der Waals surface area contributed by atoms with Gasteiger partial charge in [0.1, 0.15) is 23.9 Å². The second kappa shape index (κ2) is 7.98. The Morgan fingerprint density at radius 2 is 1.83 bits per heavy atom. The van der Waals surface area contributed by atoms with E-state index in [4.69, 9.17) is 14.2 Å². The Balaban J connectivity index is 1.96. The van der Waals surface area contributed by atoms with E-state index < -0.39 is 5.97 Å². The molecule has 0 aliphatic rings. The zero-order valence-electron chi connectivity index (χ0n) is 12.9. The molecule has 23 heavy (non-hydrogen) atoms. The van der Waals surface area contributed by atoms with Gasteiger partial charge in [-0.1, -0.05) is 12.1 Å². The van der Waals surface area contributed by atoms with Crippen LogP contribution >= 0.6 is 0 Å². The van der Waals surface area contributed by atoms with Gasteiger partial charge in [-0.15, -0.1) is 0 Å². The minimum atomic E-state index is -0.493. The van der Waals surface area contributed by atoms with Crippen molar-refractivity contribution in [1.82, 2.24) is 0 Å². The number of esters is 1. The summed E-state index contributed by atoms with van der Waals surface area (Å²) in [7, 11) is 3.11. The molecule has 0 fully saturated rings. The van der Waals surface area contributed by atoms with Gasteiger partial charge in [0.2, 0.25) is 0 Å². The van der Waals surface area contributed by atoms with Crippen LogP contribution in [0, 0.1) is 5.82 Å². The second-order valence-corrected chi connectivity index (χ2v) is 4.68. The number of carbonyl (C=O) groups is 1. The Hall–Kier alpha value is -2.82. The van der Waals surface area contributed by atoms with Crippen molar-refractivity contribution >= 4 is 12.0 Å². The van der Waals surface area contributed by atoms with Crippen molar-refractivity contribution < 1.29 is 23.4 Å². The summed E-state index contributed by atoms with van der Waals surface area (Å²) in [6, 6.07) is 11.1. The minimum absolute atomic E-state index is 0.0865. The highest BCUT2D eigenvalue weighted by Crippen LogP contribution is 2.25. The normalized spacial score (nSPS) is 10.6. The van der Waals surface area contributed by atoms with Crippen LogP contribution in [0.5, 0.6) is 11.5 Å². The first-order chi connectivity index (χ1) is 11.1. The van der Waals surface area contributed by atoms with Gasteiger partial charge in [-0.2, -0.15) is 0 Å². The molecule has 0 amide bonds. The van der Waals surface area contributed by atoms with E-state index in [1.54, 1.807) is 50.6 Å². The average Bonchev–Trinajstić information content (AvgIpc) is 2.59. The molecule has 2 aromatic carbocycles. The highest BCUT2D eigenvalue weighted by molar-refractivity contribution is 5.87. The Morgan fingerprint density at radius 1 is 1.09 bits per heavy atom. The molecule has 0 N–H and O–H groups in total. The number of rotatable bonds is 6. The van der Waals surface area contributed by atoms with Crippen molar-refractivity contribution in [3.8, 4) is 11.5 Å². The van der Waals surface area contributed by atoms with E-state index in [-0.39, 0.29) is 12.4 Å². The predicted octanol–water partition coefficient (Wildman–Crippen LogP) is 3.60. The van der Waals surface area contributed by atoms with Gasteiger partial charge in [0.15, 0.2) is 0 Å². The molecule has 0 saturated heterocycles. The van der Waals surface area contributed by atoms with E-state index in [9.17, 15) is 9.18 Å². The zero-order chi connectivity index (χ0) is 16.7. The largest absolute Gasteiger partial charge is 0.497 e. The number of benzene rings is 2. The van der Waals surface area contributed by atoms with E-state index in [1.165, 1.54) is 18.2 Å². The fourth-order valence-electron chi connectivity index (χ4n) is 1.90. The van der Waals surface area contributed by atoms with Gasteiger partial charge >= 0.3 is 5.97 Å². The van der Waals surface area contributed by atoms with Gasteiger partial charge in [0.25, 0.3) is 0 Å². The summed E-state index contributed by atoms with van der Waals surface area (Å²) in [4.78, 5) is 11.7. The zero-order valence-corrected chi connectivity index (χ0v) is 12.9. The van der Waals surface area contributed by atoms with E-state index in [1.807, 2.05) is 0 Å². The van der Waals surface area contributed by atoms with Crippen LogP contribution in [0.25, 0.3) is 6.08 Å². The number of methoxy groups -OCH3 is 2. The Morgan fingerprint density at radius 3 is 2.48 bits per heavy atom. The van der Waals surface area contributed by atoms with Crippen LogP contribution in [0.1, 0.15) is 11.1 Å². The van der Waals surface area contributed by atoms with Gasteiger partial charge in [-0.05, 0) is 35.9 Å². The average molecular weight is 316 g/mol. The molecule has 0 heterocycles. The van der Waals surface area contributed by atoms with Crippen molar-refractivity contribution in [2.75, 3.05) is 14.2 Å². The maximum Gasteiger partial charge on any atom is 0.331 e. The molecule has 4 nitrogen and oxygen atoms in total. The van der Waals surface area contributed by atoms with Crippen LogP contribution in [0.15, 0.2) is 48.5 Å². The quantitative estimate of drug-likeness (QED) is 0.603. The topological polar surface area (TPSA) is 44.8 Å². The summed E-state index contributed by atoms with van der Waals surface area (Å²) < 4.78 is 28.2. The highest BCUT2D eigenvalue weighted by Gasteiger charge is 2.04. The fraction of sp³-hybridized carbons (Fsp3) is 0.167. The van der Waals surface area contributed by atoms with Crippen molar-refractivity contribution in [1.29, 1.82) is 0 Å². The lowest BCUT2D eigenvalue weighted by molar-refractivity contribution is -0.138. The lowest BCUT2D eigenvalue weighted by Crippen LogP contribution is -2.00. The number of carbonyl (C=O) groups excluding carboxylic acids is 1. The molecule has 0 saturated carbocycles. The van der Waals surface area contributed by atoms with E-state index in [2.05, 4.69) is 0 Å². The van der Waals surface area contributed by atoms with Gasteiger partial charge in [0, 0.05) is 17.7 Å². The number of hydrogen-bond donors (Lipinski definition) is 0. The Labute approximate surface area is 134 Å². The van der Waals surface area contributed by atoms with Crippen molar-refractivity contribution in [2.45, 2.75) is 6.61 Å². The first-order valence-corrected chi connectivity index (χ1v) is 6.93. The molecule has 0 aliphatic heterocycles. The summed E-state index contributed by atoms with van der Waals surface area (Å²) in [6.07, 6.45) is 2.92. The van der Waals surface area contributed by atoms with Crippen molar-refractivity contribution in [3.05, 3.63) is 65.5 Å². The van der Waals surface area contributed by atoms with Crippen molar-refractivity contribution in [3.63, 3.8) is 0 Å². The van der Waals surface area contributed by atoms with Crippen LogP contribution in [0.2, 0.25) is 0 Å². The smallest absolute Gasteiger partial charge is 0.331 e. The summed E-state index contributed by atoms with van der Waals surface area (Å²) in [6.45, 7) is 0.0865. The standard InChI is InChI=1S/C18H17FO4/c1-21-16-9-5-14(17(11-16)22-2)6-10-18(20)23-12-13-3-7-15(19)8-4-13/h3-11H,12H2,1-2H3. The summed E-state index contributed by atoms with van der Waals surface area (Å²) in [5, 5.41) is 0. The van der Waals surface area contributed by atoms with Gasteiger partial charge < -0.3 is 14.2 Å². The molecule has 0 aliphatic carbocycles. The molecule has 2 aromatic rings. The first kappa shape index (κ1) is 16.5. The summed E-state index contributed by atoms with van der Waals surface area (Å²) in [5.41, 5.74) is 1.45.